The molecule has 21 heavy (non-hydrogen) atoms. The van der Waals surface area contributed by atoms with Gasteiger partial charge in [0, 0.05) is 0 Å². The van der Waals surface area contributed by atoms with Crippen molar-refractivity contribution in [3.63, 3.8) is 0 Å². The molecule has 0 radical (unpaired) electrons. The Balaban J connectivity index is 1.60. The molecule has 0 aromatic heterocycles. The van der Waals surface area contributed by atoms with Gasteiger partial charge < -0.3 is 0 Å². The molecule has 2 saturated carbocycles. The van der Waals surface area contributed by atoms with E-state index in [9.17, 15) is 9.59 Å². The predicted octanol–water partition coefficient (Wildman–Crippen LogP) is 2.55. The van der Waals surface area contributed by atoms with Gasteiger partial charge in [-0.1, -0.05) is 24.3 Å². The third kappa shape index (κ3) is 1.34. The van der Waals surface area contributed by atoms with E-state index >= 15 is 0 Å². The van der Waals surface area contributed by atoms with Crippen LogP contribution in [0.3, 0.4) is 0 Å². The summed E-state index contributed by atoms with van der Waals surface area (Å²) >= 11 is 0. The second kappa shape index (κ2) is 3.65. The Morgan fingerprint density at radius 1 is 1.00 bits per heavy atom. The number of aryl methyl sites for hydroxylation is 1. The predicted molar refractivity (Wildman–Crippen MR) is 78.4 cm³/mol. The Labute approximate surface area is 123 Å². The van der Waals surface area contributed by atoms with Crippen LogP contribution in [0.15, 0.2) is 36.4 Å². The number of hydrogen-bond donors (Lipinski definition) is 0. The molecule has 106 valence electrons. The molecule has 1 aliphatic heterocycles. The lowest BCUT2D eigenvalue weighted by Gasteiger charge is -2.37. The first-order chi connectivity index (χ1) is 10.2. The number of amides is 2. The molecule has 3 fully saturated rings. The van der Waals surface area contributed by atoms with Gasteiger partial charge in [-0.2, -0.15) is 0 Å². The number of benzene rings is 1. The average Bonchev–Trinajstić information content (AvgIpc) is 3.24. The summed E-state index contributed by atoms with van der Waals surface area (Å²) in [6, 6.07) is 7.71. The van der Waals surface area contributed by atoms with Gasteiger partial charge in [-0.3, -0.25) is 14.5 Å². The van der Waals surface area contributed by atoms with Gasteiger partial charge in [0.1, 0.15) is 0 Å². The maximum atomic E-state index is 12.9. The van der Waals surface area contributed by atoms with Crippen molar-refractivity contribution in [2.45, 2.75) is 13.3 Å². The molecule has 1 aromatic rings. The number of imide groups is 1. The van der Waals surface area contributed by atoms with Crippen LogP contribution in [-0.2, 0) is 9.59 Å². The van der Waals surface area contributed by atoms with E-state index in [1.165, 1.54) is 11.3 Å². The third-order valence-electron chi connectivity index (χ3n) is 5.92. The fourth-order valence-corrected chi connectivity index (χ4v) is 4.98. The SMILES string of the molecule is Cc1cccc(N2C(=O)[C@@H]3[C@H]4C=C[C@H]([C@H]5C[C@H]45)[C@@H]3C2=O)c1. The van der Waals surface area contributed by atoms with Gasteiger partial charge in [-0.15, -0.1) is 0 Å². The zero-order chi connectivity index (χ0) is 14.3. The Hall–Kier alpha value is -1.90. The van der Waals surface area contributed by atoms with Gasteiger partial charge in [0.05, 0.1) is 17.5 Å². The molecule has 0 N–H and O–H groups in total. The Morgan fingerprint density at radius 2 is 1.62 bits per heavy atom. The highest BCUT2D eigenvalue weighted by molar-refractivity contribution is 6.22. The smallest absolute Gasteiger partial charge is 0.238 e. The largest absolute Gasteiger partial charge is 0.274 e. The van der Waals surface area contributed by atoms with Crippen LogP contribution in [0.1, 0.15) is 12.0 Å². The number of anilines is 1. The first kappa shape index (κ1) is 11.7. The van der Waals surface area contributed by atoms with E-state index in [1.54, 1.807) is 0 Å². The summed E-state index contributed by atoms with van der Waals surface area (Å²) in [5.74, 6) is 1.78. The molecule has 3 heteroatoms. The number of nitrogens with zero attached hydrogens (tertiary/aromatic N) is 1. The van der Waals surface area contributed by atoms with Gasteiger partial charge in [-0.05, 0) is 54.7 Å². The zero-order valence-electron chi connectivity index (χ0n) is 11.9. The summed E-state index contributed by atoms with van der Waals surface area (Å²) in [5.41, 5.74) is 1.82. The highest BCUT2D eigenvalue weighted by Gasteiger charge is 2.67. The lowest BCUT2D eigenvalue weighted by atomic mass is 9.63. The Morgan fingerprint density at radius 3 is 2.19 bits per heavy atom. The number of hydrogen-bond acceptors (Lipinski definition) is 2. The van der Waals surface area contributed by atoms with E-state index in [1.807, 2.05) is 31.2 Å². The van der Waals surface area contributed by atoms with E-state index in [4.69, 9.17) is 0 Å². The van der Waals surface area contributed by atoms with Crippen molar-refractivity contribution in [2.75, 3.05) is 4.90 Å². The number of allylic oxidation sites excluding steroid dienone is 2. The van der Waals surface area contributed by atoms with Crippen molar-refractivity contribution >= 4 is 17.5 Å². The molecule has 6 atom stereocenters. The molecule has 2 bridgehead atoms. The first-order valence-electron chi connectivity index (χ1n) is 7.79. The van der Waals surface area contributed by atoms with Crippen LogP contribution < -0.4 is 4.90 Å². The van der Waals surface area contributed by atoms with Crippen molar-refractivity contribution < 1.29 is 9.59 Å². The number of carbonyl (C=O) groups excluding carboxylic acids is 2. The maximum absolute atomic E-state index is 12.9. The molecule has 3 nitrogen and oxygen atoms in total. The van der Waals surface area contributed by atoms with Gasteiger partial charge in [0.15, 0.2) is 0 Å². The molecule has 0 spiro atoms. The van der Waals surface area contributed by atoms with E-state index in [-0.39, 0.29) is 23.7 Å². The monoisotopic (exact) mass is 279 g/mol. The lowest BCUT2D eigenvalue weighted by Crippen LogP contribution is -2.40. The van der Waals surface area contributed by atoms with Crippen LogP contribution in [0.5, 0.6) is 0 Å². The van der Waals surface area contributed by atoms with Gasteiger partial charge >= 0.3 is 0 Å². The third-order valence-corrected chi connectivity index (χ3v) is 5.92. The van der Waals surface area contributed by atoms with Crippen molar-refractivity contribution in [1.82, 2.24) is 0 Å². The molecule has 6 rings (SSSR count). The minimum Gasteiger partial charge on any atom is -0.274 e. The molecule has 2 amide bonds. The van der Waals surface area contributed by atoms with Crippen LogP contribution in [0, 0.1) is 42.4 Å². The maximum Gasteiger partial charge on any atom is 0.238 e. The second-order valence-electron chi connectivity index (χ2n) is 7.01. The molecule has 1 aromatic carbocycles. The summed E-state index contributed by atoms with van der Waals surface area (Å²) in [5, 5.41) is 0. The van der Waals surface area contributed by atoms with Crippen LogP contribution >= 0.6 is 0 Å². The second-order valence-corrected chi connectivity index (χ2v) is 7.01. The molecular weight excluding hydrogens is 262 g/mol. The van der Waals surface area contributed by atoms with E-state index in [0.717, 1.165) is 11.3 Å². The molecule has 0 unspecified atom stereocenters. The summed E-state index contributed by atoms with van der Waals surface area (Å²) < 4.78 is 0. The molecule has 4 aliphatic carbocycles. The lowest BCUT2D eigenvalue weighted by molar-refractivity contribution is -0.124. The van der Waals surface area contributed by atoms with Crippen molar-refractivity contribution in [1.29, 1.82) is 0 Å². The fraction of sp³-hybridized carbons (Fsp3) is 0.444. The minimum absolute atomic E-state index is 0.0281. The van der Waals surface area contributed by atoms with Crippen LogP contribution in [-0.4, -0.2) is 11.8 Å². The molecule has 1 heterocycles. The van der Waals surface area contributed by atoms with E-state index < -0.39 is 0 Å². The normalized spacial score (nSPS) is 42.2. The number of carbonyl (C=O) groups is 2. The van der Waals surface area contributed by atoms with Crippen LogP contribution in [0.4, 0.5) is 5.69 Å². The fourth-order valence-electron chi connectivity index (χ4n) is 4.98. The number of rotatable bonds is 1. The van der Waals surface area contributed by atoms with Crippen molar-refractivity contribution in [3.05, 3.63) is 42.0 Å². The van der Waals surface area contributed by atoms with Crippen molar-refractivity contribution in [2.24, 2.45) is 35.5 Å². The van der Waals surface area contributed by atoms with Gasteiger partial charge in [0.25, 0.3) is 0 Å². The zero-order valence-corrected chi connectivity index (χ0v) is 11.9. The van der Waals surface area contributed by atoms with E-state index in [2.05, 4.69) is 12.2 Å². The minimum atomic E-state index is -0.100. The summed E-state index contributed by atoms with van der Waals surface area (Å²) in [7, 11) is 0. The van der Waals surface area contributed by atoms with Gasteiger partial charge in [-0.25, -0.2) is 0 Å². The summed E-state index contributed by atoms with van der Waals surface area (Å²) in [4.78, 5) is 27.2. The molecule has 1 saturated heterocycles. The van der Waals surface area contributed by atoms with E-state index in [0.29, 0.717) is 23.7 Å². The quantitative estimate of drug-likeness (QED) is 0.585. The van der Waals surface area contributed by atoms with Crippen LogP contribution in [0.25, 0.3) is 0 Å². The highest BCUT2D eigenvalue weighted by Crippen LogP contribution is 2.65. The molecular formula is C18H17NO2. The summed E-state index contributed by atoms with van der Waals surface area (Å²) in [6.45, 7) is 1.99. The average molecular weight is 279 g/mol. The standard InChI is InChI=1S/C18H17NO2/c1-9-3-2-4-10(7-9)19-17(20)15-11-5-6-12(14-8-13(11)14)16(15)18(19)21/h2-7,11-16H,8H2,1H3/t11-,12+,13-,14-,15+,16-/m1/s1. The summed E-state index contributed by atoms with van der Waals surface area (Å²) in [6.07, 6.45) is 5.64. The van der Waals surface area contributed by atoms with Gasteiger partial charge in [0.2, 0.25) is 11.8 Å². The molecule has 5 aliphatic rings. The topological polar surface area (TPSA) is 37.4 Å². The van der Waals surface area contributed by atoms with Crippen molar-refractivity contribution in [3.8, 4) is 0 Å². The first-order valence-corrected chi connectivity index (χ1v) is 7.79. The van der Waals surface area contributed by atoms with Crippen LogP contribution in [0.2, 0.25) is 0 Å². The Kier molecular flexibility index (Phi) is 2.04. The highest BCUT2D eigenvalue weighted by atomic mass is 16.2. The Bertz CT molecular complexity index is 671.